The first-order valence-corrected chi connectivity index (χ1v) is 12.2. The van der Waals surface area contributed by atoms with E-state index in [1.54, 1.807) is 66.2 Å². The second-order valence-electron chi connectivity index (χ2n) is 8.39. The minimum Gasteiger partial charge on any atom is -0.480 e. The van der Waals surface area contributed by atoms with Crippen molar-refractivity contribution in [2.45, 2.75) is 19.8 Å². The molecular formula is C28H23FN2O5S. The van der Waals surface area contributed by atoms with E-state index in [4.69, 9.17) is 9.84 Å². The third kappa shape index (κ3) is 7.08. The van der Waals surface area contributed by atoms with Crippen LogP contribution >= 0.6 is 11.3 Å². The number of carboxylic acids is 1. The number of aliphatic carboxylic acids is 1. The van der Waals surface area contributed by atoms with Crippen LogP contribution in [0.1, 0.15) is 26.4 Å². The number of hydrogen-bond acceptors (Lipinski definition) is 6. The summed E-state index contributed by atoms with van der Waals surface area (Å²) in [6.45, 7) is 1.41. The Morgan fingerprint density at radius 3 is 2.54 bits per heavy atom. The Morgan fingerprint density at radius 1 is 1.00 bits per heavy atom. The van der Waals surface area contributed by atoms with Crippen molar-refractivity contribution < 1.29 is 28.6 Å². The Balaban J connectivity index is 1.37. The molecule has 0 radical (unpaired) electrons. The predicted octanol–water partition coefficient (Wildman–Crippen LogP) is 5.22. The molecule has 188 valence electrons. The van der Waals surface area contributed by atoms with E-state index in [-0.39, 0.29) is 24.4 Å². The number of thiophene rings is 1. The SMILES string of the molecule is Cc1ccc(F)c(CC(=O)Cc2ccc(Oc3ccnc(-c4csc(C(=O)NCC(=O)O)c4)c3)cc2)c1. The number of benzene rings is 2. The summed E-state index contributed by atoms with van der Waals surface area (Å²) in [5, 5.41) is 12.8. The molecule has 0 saturated carbocycles. The Hall–Kier alpha value is -4.37. The van der Waals surface area contributed by atoms with Gasteiger partial charge in [0.05, 0.1) is 10.6 Å². The normalized spacial score (nSPS) is 10.6. The molecule has 0 aliphatic heterocycles. The van der Waals surface area contributed by atoms with E-state index in [0.717, 1.165) is 11.1 Å². The van der Waals surface area contributed by atoms with Crippen molar-refractivity contribution in [1.82, 2.24) is 10.3 Å². The predicted molar refractivity (Wildman–Crippen MR) is 138 cm³/mol. The zero-order chi connectivity index (χ0) is 26.4. The number of hydrogen-bond donors (Lipinski definition) is 2. The molecule has 0 fully saturated rings. The number of carbonyl (C=O) groups excluding carboxylic acids is 2. The highest BCUT2D eigenvalue weighted by Gasteiger charge is 2.13. The number of carbonyl (C=O) groups is 3. The second kappa shape index (κ2) is 11.6. The summed E-state index contributed by atoms with van der Waals surface area (Å²) in [6.07, 6.45) is 1.81. The molecule has 0 spiro atoms. The molecule has 2 heterocycles. The van der Waals surface area contributed by atoms with Crippen molar-refractivity contribution in [3.05, 3.63) is 99.6 Å². The lowest BCUT2D eigenvalue weighted by atomic mass is 10.0. The zero-order valence-electron chi connectivity index (χ0n) is 19.9. The molecule has 7 nitrogen and oxygen atoms in total. The number of aryl methyl sites for hydroxylation is 1. The largest absolute Gasteiger partial charge is 0.480 e. The summed E-state index contributed by atoms with van der Waals surface area (Å²) in [5.74, 6) is -0.935. The Labute approximate surface area is 216 Å². The number of ether oxygens (including phenoxy) is 1. The van der Waals surface area contributed by atoms with Crippen molar-refractivity contribution in [1.29, 1.82) is 0 Å². The number of carboxylic acid groups (broad SMARTS) is 1. The summed E-state index contributed by atoms with van der Waals surface area (Å²) in [6, 6.07) is 16.9. The molecule has 4 aromatic rings. The van der Waals surface area contributed by atoms with Crippen molar-refractivity contribution in [3.63, 3.8) is 0 Å². The summed E-state index contributed by atoms with van der Waals surface area (Å²) in [4.78, 5) is 39.9. The van der Waals surface area contributed by atoms with Crippen molar-refractivity contribution in [2.24, 2.45) is 0 Å². The van der Waals surface area contributed by atoms with E-state index in [1.165, 1.54) is 17.4 Å². The third-order valence-corrected chi connectivity index (χ3v) is 6.33. The lowest BCUT2D eigenvalue weighted by molar-refractivity contribution is -0.135. The third-order valence-electron chi connectivity index (χ3n) is 5.40. The van der Waals surface area contributed by atoms with E-state index in [0.29, 0.717) is 33.2 Å². The molecule has 0 unspecified atom stereocenters. The van der Waals surface area contributed by atoms with Crippen LogP contribution in [-0.4, -0.2) is 34.3 Å². The average Bonchev–Trinajstić information content (AvgIpc) is 3.37. The van der Waals surface area contributed by atoms with Gasteiger partial charge in [-0.15, -0.1) is 11.3 Å². The standard InChI is InChI=1S/C28H23FN2O5S/c1-17-2-7-24(29)19(10-17)12-21(32)11-18-3-5-22(6-4-18)36-23-8-9-30-25(14-23)20-13-26(37-16-20)28(35)31-15-27(33)34/h2-10,13-14,16H,11-12,15H2,1H3,(H,31,35)(H,33,34). The van der Waals surface area contributed by atoms with Gasteiger partial charge in [-0.2, -0.15) is 0 Å². The maximum absolute atomic E-state index is 13.9. The molecule has 1 amide bonds. The number of pyridine rings is 1. The fourth-order valence-corrected chi connectivity index (χ4v) is 4.44. The molecule has 37 heavy (non-hydrogen) atoms. The van der Waals surface area contributed by atoms with E-state index in [1.807, 2.05) is 6.92 Å². The lowest BCUT2D eigenvalue weighted by Crippen LogP contribution is -2.28. The molecule has 2 N–H and O–H groups in total. The summed E-state index contributed by atoms with van der Waals surface area (Å²) in [7, 11) is 0. The van der Waals surface area contributed by atoms with Gasteiger partial charge in [0, 0.05) is 36.0 Å². The number of aromatic nitrogens is 1. The quantitative estimate of drug-likeness (QED) is 0.298. The minimum atomic E-state index is -1.12. The van der Waals surface area contributed by atoms with Crippen molar-refractivity contribution in [2.75, 3.05) is 6.54 Å². The molecule has 0 aliphatic rings. The fourth-order valence-electron chi connectivity index (χ4n) is 3.62. The van der Waals surface area contributed by atoms with Crippen LogP contribution in [0.4, 0.5) is 4.39 Å². The molecule has 0 atom stereocenters. The van der Waals surface area contributed by atoms with Gasteiger partial charge < -0.3 is 15.2 Å². The summed E-state index contributed by atoms with van der Waals surface area (Å²) >= 11 is 1.19. The van der Waals surface area contributed by atoms with E-state index >= 15 is 0 Å². The first-order chi connectivity index (χ1) is 17.8. The topological polar surface area (TPSA) is 106 Å². The van der Waals surface area contributed by atoms with E-state index in [2.05, 4.69) is 10.3 Å². The minimum absolute atomic E-state index is 0.0388. The number of nitrogens with zero attached hydrogens (tertiary/aromatic N) is 1. The van der Waals surface area contributed by atoms with Gasteiger partial charge >= 0.3 is 5.97 Å². The average molecular weight is 519 g/mol. The van der Waals surface area contributed by atoms with Crippen molar-refractivity contribution >= 4 is 29.0 Å². The van der Waals surface area contributed by atoms with E-state index < -0.39 is 18.4 Å². The first-order valence-electron chi connectivity index (χ1n) is 11.4. The number of Topliss-reactive ketones (excluding diaryl/α,β-unsaturated/α-hetero) is 1. The Bertz CT molecular complexity index is 1450. The van der Waals surface area contributed by atoms with Gasteiger partial charge in [-0.1, -0.05) is 29.8 Å². The molecular weight excluding hydrogens is 495 g/mol. The summed E-state index contributed by atoms with van der Waals surface area (Å²) in [5.41, 5.74) is 3.40. The number of nitrogens with one attached hydrogen (secondary N) is 1. The zero-order valence-corrected chi connectivity index (χ0v) is 20.7. The highest BCUT2D eigenvalue weighted by molar-refractivity contribution is 7.12. The molecule has 2 aromatic heterocycles. The van der Waals surface area contributed by atoms with Gasteiger partial charge in [0.1, 0.15) is 29.6 Å². The monoisotopic (exact) mass is 518 g/mol. The van der Waals surface area contributed by atoms with Crippen LogP contribution in [0.15, 0.2) is 72.2 Å². The molecule has 4 rings (SSSR count). The second-order valence-corrected chi connectivity index (χ2v) is 9.30. The van der Waals surface area contributed by atoms with Gasteiger partial charge in [-0.25, -0.2) is 4.39 Å². The fraction of sp³-hybridized carbons (Fsp3) is 0.143. The maximum atomic E-state index is 13.9. The van der Waals surface area contributed by atoms with Crippen LogP contribution in [-0.2, 0) is 22.4 Å². The number of halogens is 1. The molecule has 0 bridgehead atoms. The highest BCUT2D eigenvalue weighted by Crippen LogP contribution is 2.29. The number of amides is 1. The van der Waals surface area contributed by atoms with Crippen molar-refractivity contribution in [3.8, 4) is 22.8 Å². The van der Waals surface area contributed by atoms with Gasteiger partial charge in [0.15, 0.2) is 0 Å². The maximum Gasteiger partial charge on any atom is 0.322 e. The summed E-state index contributed by atoms with van der Waals surface area (Å²) < 4.78 is 19.9. The van der Waals surface area contributed by atoms with Crippen LogP contribution in [0.2, 0.25) is 0 Å². The Morgan fingerprint density at radius 2 is 1.78 bits per heavy atom. The van der Waals surface area contributed by atoms with E-state index in [9.17, 15) is 18.8 Å². The van der Waals surface area contributed by atoms with Crippen LogP contribution < -0.4 is 10.1 Å². The first kappa shape index (κ1) is 25.7. The van der Waals surface area contributed by atoms with Gasteiger partial charge in [0.2, 0.25) is 0 Å². The van der Waals surface area contributed by atoms with Gasteiger partial charge in [-0.05, 0) is 48.4 Å². The van der Waals surface area contributed by atoms with Crippen LogP contribution in [0.5, 0.6) is 11.5 Å². The highest BCUT2D eigenvalue weighted by atomic mass is 32.1. The molecule has 0 aliphatic carbocycles. The van der Waals surface area contributed by atoms with Crippen LogP contribution in [0, 0.1) is 12.7 Å². The lowest BCUT2D eigenvalue weighted by Gasteiger charge is -2.08. The molecule has 2 aromatic carbocycles. The number of ketones is 1. The number of rotatable bonds is 10. The smallest absolute Gasteiger partial charge is 0.322 e. The van der Waals surface area contributed by atoms with Crippen LogP contribution in [0.25, 0.3) is 11.3 Å². The Kier molecular flexibility index (Phi) is 8.05. The van der Waals surface area contributed by atoms with Gasteiger partial charge in [0.25, 0.3) is 5.91 Å². The van der Waals surface area contributed by atoms with Crippen LogP contribution in [0.3, 0.4) is 0 Å². The molecule has 9 heteroatoms. The molecule has 0 saturated heterocycles. The van der Waals surface area contributed by atoms with Gasteiger partial charge in [-0.3, -0.25) is 19.4 Å².